The summed E-state index contributed by atoms with van der Waals surface area (Å²) < 4.78 is 0. The summed E-state index contributed by atoms with van der Waals surface area (Å²) in [5.41, 5.74) is 5.82. The van der Waals surface area contributed by atoms with Gasteiger partial charge in [0.2, 0.25) is 0 Å². The molecule has 0 aromatic carbocycles. The standard InChI is InChI=1S/C13H30N2S/c1-11(2)8-13(9-14)6-7-15(4)12(3)10-16-5/h11-13H,6-10,14H2,1-5H3. The largest absolute Gasteiger partial charge is 0.330 e. The molecule has 16 heavy (non-hydrogen) atoms. The third-order valence-corrected chi connectivity index (χ3v) is 4.00. The quantitative estimate of drug-likeness (QED) is 0.678. The Hall–Kier alpha value is 0.270. The SMILES string of the molecule is CSCC(C)N(C)CCC(CN)CC(C)C. The fourth-order valence-corrected chi connectivity index (χ4v) is 2.71. The summed E-state index contributed by atoms with van der Waals surface area (Å²) in [7, 11) is 2.23. The summed E-state index contributed by atoms with van der Waals surface area (Å²) in [6, 6.07) is 0.674. The molecule has 0 aromatic heterocycles. The summed E-state index contributed by atoms with van der Waals surface area (Å²) in [5, 5.41) is 0. The Morgan fingerprint density at radius 3 is 2.31 bits per heavy atom. The van der Waals surface area contributed by atoms with Gasteiger partial charge < -0.3 is 10.6 Å². The van der Waals surface area contributed by atoms with Crippen molar-refractivity contribution in [3.63, 3.8) is 0 Å². The van der Waals surface area contributed by atoms with E-state index in [1.807, 2.05) is 11.8 Å². The fraction of sp³-hybridized carbons (Fsp3) is 1.00. The first-order valence-electron chi connectivity index (χ1n) is 6.40. The van der Waals surface area contributed by atoms with Gasteiger partial charge in [0.1, 0.15) is 0 Å². The van der Waals surface area contributed by atoms with Crippen molar-refractivity contribution in [3.05, 3.63) is 0 Å². The summed E-state index contributed by atoms with van der Waals surface area (Å²) in [5.74, 6) is 2.68. The van der Waals surface area contributed by atoms with Crippen molar-refractivity contribution in [3.8, 4) is 0 Å². The molecule has 0 amide bonds. The first-order valence-corrected chi connectivity index (χ1v) is 7.79. The Morgan fingerprint density at radius 2 is 1.88 bits per heavy atom. The van der Waals surface area contributed by atoms with Crippen LogP contribution in [0.4, 0.5) is 0 Å². The molecule has 0 fully saturated rings. The van der Waals surface area contributed by atoms with Gasteiger partial charge in [0.15, 0.2) is 0 Å². The number of nitrogens with two attached hydrogens (primary N) is 1. The Kier molecular flexibility index (Phi) is 9.47. The minimum atomic E-state index is 0.674. The highest BCUT2D eigenvalue weighted by atomic mass is 32.2. The fourth-order valence-electron chi connectivity index (χ4n) is 1.97. The van der Waals surface area contributed by atoms with Crippen LogP contribution < -0.4 is 5.73 Å². The Bertz CT molecular complexity index is 162. The van der Waals surface area contributed by atoms with Crippen LogP contribution in [0.15, 0.2) is 0 Å². The van der Waals surface area contributed by atoms with Gasteiger partial charge >= 0.3 is 0 Å². The molecular formula is C13H30N2S. The highest BCUT2D eigenvalue weighted by Gasteiger charge is 2.13. The third-order valence-electron chi connectivity index (χ3n) is 3.19. The van der Waals surface area contributed by atoms with E-state index in [-0.39, 0.29) is 0 Å². The maximum atomic E-state index is 5.82. The normalized spacial score (nSPS) is 15.8. The summed E-state index contributed by atoms with van der Waals surface area (Å²) in [6.45, 7) is 8.88. The molecule has 2 nitrogen and oxygen atoms in total. The van der Waals surface area contributed by atoms with E-state index in [2.05, 4.69) is 39.0 Å². The maximum Gasteiger partial charge on any atom is 0.0154 e. The van der Waals surface area contributed by atoms with E-state index >= 15 is 0 Å². The van der Waals surface area contributed by atoms with Crippen LogP contribution in [0.5, 0.6) is 0 Å². The molecule has 98 valence electrons. The molecule has 3 heteroatoms. The molecule has 2 N–H and O–H groups in total. The molecule has 0 spiro atoms. The highest BCUT2D eigenvalue weighted by Crippen LogP contribution is 2.15. The van der Waals surface area contributed by atoms with Crippen molar-refractivity contribution in [2.24, 2.45) is 17.6 Å². The van der Waals surface area contributed by atoms with Crippen molar-refractivity contribution in [2.75, 3.05) is 32.1 Å². The van der Waals surface area contributed by atoms with Crippen LogP contribution in [0, 0.1) is 11.8 Å². The zero-order chi connectivity index (χ0) is 12.6. The van der Waals surface area contributed by atoms with Crippen LogP contribution in [0.1, 0.15) is 33.6 Å². The van der Waals surface area contributed by atoms with Crippen LogP contribution in [0.2, 0.25) is 0 Å². The molecule has 0 bridgehead atoms. The van der Waals surface area contributed by atoms with E-state index in [1.165, 1.54) is 25.1 Å². The summed E-state index contributed by atoms with van der Waals surface area (Å²) in [6.07, 6.45) is 4.68. The van der Waals surface area contributed by atoms with E-state index in [1.54, 1.807) is 0 Å². The smallest absolute Gasteiger partial charge is 0.0154 e. The average molecular weight is 246 g/mol. The minimum absolute atomic E-state index is 0.674. The Morgan fingerprint density at radius 1 is 1.25 bits per heavy atom. The molecule has 0 aliphatic heterocycles. The second-order valence-corrected chi connectivity index (χ2v) is 6.22. The number of hydrogen-bond acceptors (Lipinski definition) is 3. The molecule has 0 radical (unpaired) electrons. The zero-order valence-corrected chi connectivity index (χ0v) is 12.5. The first-order chi connectivity index (χ1) is 7.51. The lowest BCUT2D eigenvalue weighted by Crippen LogP contribution is -2.33. The van der Waals surface area contributed by atoms with Crippen LogP contribution in [0.25, 0.3) is 0 Å². The van der Waals surface area contributed by atoms with Gasteiger partial charge in [-0.05, 0) is 58.0 Å². The van der Waals surface area contributed by atoms with Crippen LogP contribution in [0.3, 0.4) is 0 Å². The van der Waals surface area contributed by atoms with Gasteiger partial charge in [-0.1, -0.05) is 13.8 Å². The van der Waals surface area contributed by atoms with E-state index in [0.29, 0.717) is 12.0 Å². The maximum absolute atomic E-state index is 5.82. The predicted molar refractivity (Wildman–Crippen MR) is 77.1 cm³/mol. The number of thioether (sulfide) groups is 1. The van der Waals surface area contributed by atoms with Crippen LogP contribution >= 0.6 is 11.8 Å². The summed E-state index contributed by atoms with van der Waals surface area (Å²) in [4.78, 5) is 2.46. The van der Waals surface area contributed by atoms with Gasteiger partial charge in [-0.2, -0.15) is 11.8 Å². The van der Waals surface area contributed by atoms with Crippen LogP contribution in [-0.2, 0) is 0 Å². The monoisotopic (exact) mass is 246 g/mol. The van der Waals surface area contributed by atoms with E-state index in [9.17, 15) is 0 Å². The number of rotatable bonds is 9. The van der Waals surface area contributed by atoms with Gasteiger partial charge in [0.25, 0.3) is 0 Å². The van der Waals surface area contributed by atoms with Gasteiger partial charge in [-0.3, -0.25) is 0 Å². The second-order valence-electron chi connectivity index (χ2n) is 5.30. The zero-order valence-electron chi connectivity index (χ0n) is 11.7. The number of nitrogens with zero attached hydrogens (tertiary/aromatic N) is 1. The molecule has 2 unspecified atom stereocenters. The van der Waals surface area contributed by atoms with E-state index in [4.69, 9.17) is 5.73 Å². The van der Waals surface area contributed by atoms with Crippen molar-refractivity contribution in [2.45, 2.75) is 39.7 Å². The van der Waals surface area contributed by atoms with Gasteiger partial charge in [0, 0.05) is 11.8 Å². The van der Waals surface area contributed by atoms with Gasteiger partial charge in [-0.25, -0.2) is 0 Å². The van der Waals surface area contributed by atoms with Crippen molar-refractivity contribution < 1.29 is 0 Å². The lowest BCUT2D eigenvalue weighted by molar-refractivity contribution is 0.246. The molecule has 0 saturated heterocycles. The second kappa shape index (κ2) is 9.32. The molecule has 0 rings (SSSR count). The van der Waals surface area contributed by atoms with Gasteiger partial charge in [-0.15, -0.1) is 0 Å². The topological polar surface area (TPSA) is 29.3 Å². The van der Waals surface area contributed by atoms with E-state index in [0.717, 1.165) is 12.5 Å². The lowest BCUT2D eigenvalue weighted by atomic mass is 9.94. The average Bonchev–Trinajstić information content (AvgIpc) is 2.23. The Labute approximate surface area is 106 Å². The molecule has 0 saturated carbocycles. The molecule has 0 aromatic rings. The third kappa shape index (κ3) is 7.53. The van der Waals surface area contributed by atoms with Crippen molar-refractivity contribution in [1.82, 2.24) is 4.90 Å². The van der Waals surface area contributed by atoms with Crippen molar-refractivity contribution >= 4 is 11.8 Å². The first kappa shape index (κ1) is 16.3. The summed E-state index contributed by atoms with van der Waals surface area (Å²) >= 11 is 1.92. The predicted octanol–water partition coefficient (Wildman–Crippen LogP) is 2.68. The van der Waals surface area contributed by atoms with Crippen LogP contribution in [-0.4, -0.2) is 43.1 Å². The lowest BCUT2D eigenvalue weighted by Gasteiger charge is -2.26. The molecule has 0 aliphatic carbocycles. The highest BCUT2D eigenvalue weighted by molar-refractivity contribution is 7.98. The number of hydrogen-bond donors (Lipinski definition) is 1. The van der Waals surface area contributed by atoms with Crippen molar-refractivity contribution in [1.29, 1.82) is 0 Å². The molecular weight excluding hydrogens is 216 g/mol. The van der Waals surface area contributed by atoms with Gasteiger partial charge in [0.05, 0.1) is 0 Å². The Balaban J connectivity index is 3.82. The van der Waals surface area contributed by atoms with E-state index < -0.39 is 0 Å². The minimum Gasteiger partial charge on any atom is -0.330 e. The molecule has 2 atom stereocenters. The molecule has 0 aliphatic rings. The molecule has 0 heterocycles.